The van der Waals surface area contributed by atoms with Gasteiger partial charge in [-0.15, -0.1) is 0 Å². The van der Waals surface area contributed by atoms with Gasteiger partial charge in [-0.2, -0.15) is 0 Å². The fraction of sp³-hybridized carbons (Fsp3) is 0.222. The standard InChI is InChI=1S/C9H7BrO5/c1-14-9(13)6(12)4-5(11)7-2-3-8(10)15-7/h2-3H,4H2,1H3. The van der Waals surface area contributed by atoms with Gasteiger partial charge in [0.1, 0.15) is 0 Å². The van der Waals surface area contributed by atoms with Crippen LogP contribution < -0.4 is 0 Å². The molecular formula is C9H7BrO5. The molecule has 0 bridgehead atoms. The quantitative estimate of drug-likeness (QED) is 0.359. The molecule has 0 aliphatic carbocycles. The Hall–Kier alpha value is -1.43. The van der Waals surface area contributed by atoms with Crippen LogP contribution in [0.4, 0.5) is 0 Å². The summed E-state index contributed by atoms with van der Waals surface area (Å²) in [6.07, 6.45) is -0.549. The number of rotatable bonds is 4. The highest BCUT2D eigenvalue weighted by Gasteiger charge is 2.21. The molecule has 0 unspecified atom stereocenters. The summed E-state index contributed by atoms with van der Waals surface area (Å²) in [4.78, 5) is 33.1. The first kappa shape index (κ1) is 11.6. The van der Waals surface area contributed by atoms with Crippen molar-refractivity contribution in [1.29, 1.82) is 0 Å². The highest BCUT2D eigenvalue weighted by Crippen LogP contribution is 2.15. The second-order valence-corrected chi connectivity index (χ2v) is 3.40. The summed E-state index contributed by atoms with van der Waals surface area (Å²) in [7, 11) is 1.08. The zero-order chi connectivity index (χ0) is 11.4. The molecule has 1 heterocycles. The molecule has 0 aromatic carbocycles. The van der Waals surface area contributed by atoms with Gasteiger partial charge in [-0.05, 0) is 28.1 Å². The fourth-order valence-corrected chi connectivity index (χ4v) is 1.19. The minimum Gasteiger partial charge on any atom is -0.463 e. The van der Waals surface area contributed by atoms with E-state index in [1.807, 2.05) is 0 Å². The zero-order valence-electron chi connectivity index (χ0n) is 7.78. The number of furan rings is 1. The molecule has 0 amide bonds. The molecule has 0 spiro atoms. The van der Waals surface area contributed by atoms with Crippen LogP contribution in [0.1, 0.15) is 17.0 Å². The van der Waals surface area contributed by atoms with Crippen LogP contribution in [0.3, 0.4) is 0 Å². The molecule has 0 fully saturated rings. The number of halogens is 1. The average Bonchev–Trinajstić information content (AvgIpc) is 2.63. The number of methoxy groups -OCH3 is 1. The molecule has 0 atom stereocenters. The lowest BCUT2D eigenvalue weighted by molar-refractivity contribution is -0.151. The normalized spacial score (nSPS) is 9.73. The van der Waals surface area contributed by atoms with E-state index in [1.165, 1.54) is 12.1 Å². The summed E-state index contributed by atoms with van der Waals surface area (Å²) >= 11 is 3.01. The molecule has 6 heteroatoms. The minimum absolute atomic E-state index is 0.0270. The molecule has 0 aliphatic heterocycles. The second kappa shape index (κ2) is 4.88. The van der Waals surface area contributed by atoms with E-state index < -0.39 is 24.0 Å². The van der Waals surface area contributed by atoms with Crippen molar-refractivity contribution in [3.05, 3.63) is 22.6 Å². The molecule has 1 aromatic rings. The van der Waals surface area contributed by atoms with Crippen LogP contribution in [-0.4, -0.2) is 24.6 Å². The minimum atomic E-state index is -1.03. The predicted octanol–water partition coefficient (Wildman–Crippen LogP) is 1.36. The van der Waals surface area contributed by atoms with Gasteiger partial charge >= 0.3 is 5.97 Å². The summed E-state index contributed by atoms with van der Waals surface area (Å²) in [6, 6.07) is 2.94. The topological polar surface area (TPSA) is 73.6 Å². The van der Waals surface area contributed by atoms with Crippen molar-refractivity contribution >= 4 is 33.5 Å². The summed E-state index contributed by atoms with van der Waals surface area (Å²) in [5.74, 6) is -2.46. The van der Waals surface area contributed by atoms with Crippen molar-refractivity contribution in [1.82, 2.24) is 0 Å². The lowest BCUT2D eigenvalue weighted by Gasteiger charge is -1.96. The van der Waals surface area contributed by atoms with Gasteiger partial charge in [0, 0.05) is 0 Å². The van der Waals surface area contributed by atoms with Gasteiger partial charge in [0.15, 0.2) is 10.4 Å². The van der Waals surface area contributed by atoms with Crippen LogP contribution in [0.25, 0.3) is 0 Å². The number of esters is 1. The monoisotopic (exact) mass is 274 g/mol. The molecule has 5 nitrogen and oxygen atoms in total. The highest BCUT2D eigenvalue weighted by atomic mass is 79.9. The van der Waals surface area contributed by atoms with Gasteiger partial charge < -0.3 is 9.15 Å². The third-order valence-electron chi connectivity index (χ3n) is 1.58. The Morgan fingerprint density at radius 1 is 1.40 bits per heavy atom. The summed E-state index contributed by atoms with van der Waals surface area (Å²) < 4.78 is 9.48. The Labute approximate surface area is 93.5 Å². The smallest absolute Gasteiger partial charge is 0.374 e. The molecule has 15 heavy (non-hydrogen) atoms. The summed E-state index contributed by atoms with van der Waals surface area (Å²) in [5.41, 5.74) is 0. The first-order valence-corrected chi connectivity index (χ1v) is 4.73. The number of Topliss-reactive ketones (excluding diaryl/α,β-unsaturated/α-hetero) is 2. The summed E-state index contributed by atoms with van der Waals surface area (Å²) in [5, 5.41) is 0. The van der Waals surface area contributed by atoms with Crippen molar-refractivity contribution in [3.63, 3.8) is 0 Å². The van der Waals surface area contributed by atoms with Crippen molar-refractivity contribution in [2.24, 2.45) is 0 Å². The van der Waals surface area contributed by atoms with E-state index >= 15 is 0 Å². The van der Waals surface area contributed by atoms with Crippen LogP contribution >= 0.6 is 15.9 Å². The van der Waals surface area contributed by atoms with Gasteiger partial charge in [0.05, 0.1) is 13.5 Å². The van der Waals surface area contributed by atoms with Crippen LogP contribution in [0.5, 0.6) is 0 Å². The van der Waals surface area contributed by atoms with Crippen molar-refractivity contribution in [3.8, 4) is 0 Å². The molecular weight excluding hydrogens is 268 g/mol. The van der Waals surface area contributed by atoms with E-state index in [9.17, 15) is 14.4 Å². The van der Waals surface area contributed by atoms with E-state index in [-0.39, 0.29) is 5.76 Å². The van der Waals surface area contributed by atoms with Crippen LogP contribution in [0.15, 0.2) is 21.2 Å². The Kier molecular flexibility index (Phi) is 3.79. The van der Waals surface area contributed by atoms with Crippen LogP contribution in [0, 0.1) is 0 Å². The number of hydrogen-bond acceptors (Lipinski definition) is 5. The largest absolute Gasteiger partial charge is 0.463 e. The SMILES string of the molecule is COC(=O)C(=O)CC(=O)c1ccc(Br)o1. The highest BCUT2D eigenvalue weighted by molar-refractivity contribution is 9.10. The van der Waals surface area contributed by atoms with Crippen molar-refractivity contribution in [2.75, 3.05) is 7.11 Å². The lowest BCUT2D eigenvalue weighted by Crippen LogP contribution is -2.19. The second-order valence-electron chi connectivity index (χ2n) is 2.62. The van der Waals surface area contributed by atoms with Gasteiger partial charge in [-0.1, -0.05) is 0 Å². The van der Waals surface area contributed by atoms with Gasteiger partial charge in [0.25, 0.3) is 0 Å². The summed E-state index contributed by atoms with van der Waals surface area (Å²) in [6.45, 7) is 0. The molecule has 0 aliphatic rings. The first-order chi connectivity index (χ1) is 7.04. The predicted molar refractivity (Wildman–Crippen MR) is 52.4 cm³/mol. The maximum absolute atomic E-state index is 11.3. The van der Waals surface area contributed by atoms with Crippen molar-refractivity contribution in [2.45, 2.75) is 6.42 Å². The molecule has 0 saturated carbocycles. The van der Waals surface area contributed by atoms with E-state index in [0.717, 1.165) is 7.11 Å². The van der Waals surface area contributed by atoms with E-state index in [0.29, 0.717) is 4.67 Å². The van der Waals surface area contributed by atoms with E-state index in [2.05, 4.69) is 20.7 Å². The average molecular weight is 275 g/mol. The van der Waals surface area contributed by atoms with Gasteiger partial charge in [-0.25, -0.2) is 4.79 Å². The lowest BCUT2D eigenvalue weighted by atomic mass is 10.1. The Balaban J connectivity index is 2.64. The molecule has 0 N–H and O–H groups in total. The number of carbonyl (C=O) groups excluding carboxylic acids is 3. The molecule has 80 valence electrons. The van der Waals surface area contributed by atoms with Gasteiger partial charge in [-0.3, -0.25) is 9.59 Å². The fourth-order valence-electron chi connectivity index (χ4n) is 0.883. The molecule has 1 aromatic heterocycles. The zero-order valence-corrected chi connectivity index (χ0v) is 9.37. The van der Waals surface area contributed by atoms with Crippen LogP contribution in [-0.2, 0) is 14.3 Å². The van der Waals surface area contributed by atoms with E-state index in [1.54, 1.807) is 0 Å². The third kappa shape index (κ3) is 3.02. The van der Waals surface area contributed by atoms with Crippen molar-refractivity contribution < 1.29 is 23.5 Å². The molecule has 0 saturated heterocycles. The number of ether oxygens (including phenoxy) is 1. The third-order valence-corrected chi connectivity index (χ3v) is 2.01. The molecule has 1 rings (SSSR count). The number of ketones is 2. The Morgan fingerprint density at radius 2 is 2.07 bits per heavy atom. The number of carbonyl (C=O) groups is 3. The van der Waals surface area contributed by atoms with E-state index in [4.69, 9.17) is 4.42 Å². The molecule has 0 radical (unpaired) electrons. The van der Waals surface area contributed by atoms with Gasteiger partial charge in [0.2, 0.25) is 11.6 Å². The maximum Gasteiger partial charge on any atom is 0.374 e. The van der Waals surface area contributed by atoms with Crippen LogP contribution in [0.2, 0.25) is 0 Å². The Bertz CT molecular complexity index is 406. The Morgan fingerprint density at radius 3 is 2.53 bits per heavy atom. The first-order valence-electron chi connectivity index (χ1n) is 3.94. The maximum atomic E-state index is 11.3. The number of hydrogen-bond donors (Lipinski definition) is 0.